The lowest BCUT2D eigenvalue weighted by atomic mass is 10.0. The topological polar surface area (TPSA) is 24.9 Å². The normalized spacial score (nSPS) is 12.8. The molecule has 1 N–H and O–H groups in total. The van der Waals surface area contributed by atoms with Crippen molar-refractivity contribution < 1.29 is 0 Å². The van der Waals surface area contributed by atoms with Crippen LogP contribution in [-0.4, -0.2) is 11.5 Å². The second-order valence-corrected chi connectivity index (χ2v) is 4.08. The Hall–Kier alpha value is -0.890. The van der Waals surface area contributed by atoms with Crippen LogP contribution < -0.4 is 5.32 Å². The molecule has 0 aliphatic rings. The molecule has 0 saturated carbocycles. The molecule has 0 spiro atoms. The number of rotatable bonds is 5. The first-order chi connectivity index (χ1) is 7.17. The molecule has 0 amide bonds. The Kier molecular flexibility index (Phi) is 4.76. The Morgan fingerprint density at radius 3 is 2.27 bits per heavy atom. The van der Waals surface area contributed by atoms with Gasteiger partial charge in [-0.25, -0.2) is 0 Å². The molecule has 0 saturated heterocycles. The number of nitrogens with zero attached hydrogens (tertiary/aromatic N) is 1. The maximum atomic E-state index is 4.41. The summed E-state index contributed by atoms with van der Waals surface area (Å²) < 4.78 is 0. The van der Waals surface area contributed by atoms with Crippen LogP contribution in [-0.2, 0) is 0 Å². The van der Waals surface area contributed by atoms with Crippen molar-refractivity contribution in [2.75, 3.05) is 6.54 Å². The predicted molar refractivity (Wildman–Crippen MR) is 65.0 cm³/mol. The molecule has 15 heavy (non-hydrogen) atoms. The molecular weight excluding hydrogens is 184 g/mol. The van der Waals surface area contributed by atoms with Gasteiger partial charge < -0.3 is 5.32 Å². The molecule has 2 nitrogen and oxygen atoms in total. The summed E-state index contributed by atoms with van der Waals surface area (Å²) in [5.74, 6) is 0. The molecule has 0 aliphatic carbocycles. The van der Waals surface area contributed by atoms with Gasteiger partial charge in [-0.1, -0.05) is 20.3 Å². The molecule has 0 bridgehead atoms. The first-order valence-electron chi connectivity index (χ1n) is 5.86. The average Bonchev–Trinajstić information content (AvgIpc) is 2.16. The Morgan fingerprint density at radius 1 is 1.20 bits per heavy atom. The smallest absolute Gasteiger partial charge is 0.0379 e. The predicted octanol–water partition coefficient (Wildman–Crippen LogP) is 3.15. The van der Waals surface area contributed by atoms with Crippen molar-refractivity contribution in [3.63, 3.8) is 0 Å². The van der Waals surface area contributed by atoms with Gasteiger partial charge in [-0.2, -0.15) is 0 Å². The van der Waals surface area contributed by atoms with Gasteiger partial charge >= 0.3 is 0 Å². The van der Waals surface area contributed by atoms with E-state index in [2.05, 4.69) is 50.1 Å². The van der Waals surface area contributed by atoms with Crippen molar-refractivity contribution in [1.29, 1.82) is 0 Å². The number of nitrogens with one attached hydrogen (secondary N) is 1. The van der Waals surface area contributed by atoms with E-state index in [-0.39, 0.29) is 0 Å². The van der Waals surface area contributed by atoms with E-state index in [0.29, 0.717) is 6.04 Å². The van der Waals surface area contributed by atoms with Crippen molar-refractivity contribution in [2.24, 2.45) is 0 Å². The van der Waals surface area contributed by atoms with Gasteiger partial charge in [0, 0.05) is 17.4 Å². The maximum Gasteiger partial charge on any atom is 0.0379 e. The summed E-state index contributed by atoms with van der Waals surface area (Å²) in [6.07, 6.45) is 2.40. The molecule has 0 fully saturated rings. The van der Waals surface area contributed by atoms with Crippen molar-refractivity contribution >= 4 is 0 Å². The zero-order chi connectivity index (χ0) is 11.3. The van der Waals surface area contributed by atoms with Crippen LogP contribution >= 0.6 is 0 Å². The van der Waals surface area contributed by atoms with Crippen LogP contribution in [0, 0.1) is 13.8 Å². The SMILES string of the molecule is CCCC(NCC)c1cc(C)nc(C)c1. The number of hydrogen-bond acceptors (Lipinski definition) is 2. The van der Waals surface area contributed by atoms with Gasteiger partial charge in [-0.05, 0) is 44.5 Å². The highest BCUT2D eigenvalue weighted by molar-refractivity contribution is 5.23. The van der Waals surface area contributed by atoms with Crippen molar-refractivity contribution in [1.82, 2.24) is 10.3 Å². The lowest BCUT2D eigenvalue weighted by molar-refractivity contribution is 0.508. The van der Waals surface area contributed by atoms with E-state index in [1.807, 2.05) is 0 Å². The largest absolute Gasteiger partial charge is 0.310 e. The molecule has 1 unspecified atom stereocenters. The summed E-state index contributed by atoms with van der Waals surface area (Å²) in [6, 6.07) is 4.87. The quantitative estimate of drug-likeness (QED) is 0.800. The Labute approximate surface area is 93.1 Å². The highest BCUT2D eigenvalue weighted by Gasteiger charge is 2.09. The lowest BCUT2D eigenvalue weighted by Crippen LogP contribution is -2.21. The summed E-state index contributed by atoms with van der Waals surface area (Å²) in [6.45, 7) is 9.52. The lowest BCUT2D eigenvalue weighted by Gasteiger charge is -2.18. The molecule has 1 aromatic rings. The van der Waals surface area contributed by atoms with Crippen molar-refractivity contribution in [2.45, 2.75) is 46.6 Å². The minimum Gasteiger partial charge on any atom is -0.310 e. The number of aromatic nitrogens is 1. The molecule has 0 aliphatic heterocycles. The van der Waals surface area contributed by atoms with Gasteiger partial charge in [0.25, 0.3) is 0 Å². The van der Waals surface area contributed by atoms with Gasteiger partial charge in [0.2, 0.25) is 0 Å². The zero-order valence-corrected chi connectivity index (χ0v) is 10.3. The van der Waals surface area contributed by atoms with Crippen LogP contribution in [0.5, 0.6) is 0 Å². The van der Waals surface area contributed by atoms with E-state index >= 15 is 0 Å². The standard InChI is InChI=1S/C13H22N2/c1-5-7-13(14-6-2)12-8-10(3)15-11(4)9-12/h8-9,13-14H,5-7H2,1-4H3. The Morgan fingerprint density at radius 2 is 1.80 bits per heavy atom. The highest BCUT2D eigenvalue weighted by Crippen LogP contribution is 2.19. The second-order valence-electron chi connectivity index (χ2n) is 4.08. The van der Waals surface area contributed by atoms with Crippen LogP contribution in [0.3, 0.4) is 0 Å². The third-order valence-electron chi connectivity index (χ3n) is 2.53. The molecule has 1 rings (SSSR count). The van der Waals surface area contributed by atoms with Gasteiger partial charge in [-0.3, -0.25) is 4.98 Å². The van der Waals surface area contributed by atoms with Crippen LogP contribution in [0.1, 0.15) is 49.7 Å². The van der Waals surface area contributed by atoms with Crippen LogP contribution in [0.4, 0.5) is 0 Å². The minimum absolute atomic E-state index is 0.486. The van der Waals surface area contributed by atoms with E-state index in [1.165, 1.54) is 18.4 Å². The van der Waals surface area contributed by atoms with Gasteiger partial charge in [0.15, 0.2) is 0 Å². The fourth-order valence-corrected chi connectivity index (χ4v) is 1.99. The fraction of sp³-hybridized carbons (Fsp3) is 0.615. The number of aryl methyl sites for hydroxylation is 2. The summed E-state index contributed by atoms with van der Waals surface area (Å²) in [7, 11) is 0. The first kappa shape index (κ1) is 12.2. The van der Waals surface area contributed by atoms with E-state index < -0.39 is 0 Å². The van der Waals surface area contributed by atoms with Crippen LogP contribution in [0.25, 0.3) is 0 Å². The Bertz CT molecular complexity index is 281. The zero-order valence-electron chi connectivity index (χ0n) is 10.3. The van der Waals surface area contributed by atoms with Crippen LogP contribution in [0.2, 0.25) is 0 Å². The van der Waals surface area contributed by atoms with Gasteiger partial charge in [-0.15, -0.1) is 0 Å². The molecule has 2 heteroatoms. The highest BCUT2D eigenvalue weighted by atomic mass is 14.9. The summed E-state index contributed by atoms with van der Waals surface area (Å²) >= 11 is 0. The molecular formula is C13H22N2. The van der Waals surface area contributed by atoms with E-state index in [0.717, 1.165) is 17.9 Å². The third-order valence-corrected chi connectivity index (χ3v) is 2.53. The fourth-order valence-electron chi connectivity index (χ4n) is 1.99. The minimum atomic E-state index is 0.486. The van der Waals surface area contributed by atoms with E-state index in [4.69, 9.17) is 0 Å². The molecule has 1 heterocycles. The van der Waals surface area contributed by atoms with Gasteiger partial charge in [0.05, 0.1) is 0 Å². The molecule has 1 atom stereocenters. The molecule has 84 valence electrons. The molecule has 1 aromatic heterocycles. The molecule has 0 aromatic carbocycles. The second kappa shape index (κ2) is 5.86. The van der Waals surface area contributed by atoms with Crippen molar-refractivity contribution in [3.05, 3.63) is 29.1 Å². The number of pyridine rings is 1. The molecule has 0 radical (unpaired) electrons. The monoisotopic (exact) mass is 206 g/mol. The summed E-state index contributed by atoms with van der Waals surface area (Å²) in [4.78, 5) is 4.41. The first-order valence-corrected chi connectivity index (χ1v) is 5.86. The Balaban J connectivity index is 2.88. The van der Waals surface area contributed by atoms with Crippen molar-refractivity contribution in [3.8, 4) is 0 Å². The average molecular weight is 206 g/mol. The van der Waals surface area contributed by atoms with E-state index in [9.17, 15) is 0 Å². The van der Waals surface area contributed by atoms with Gasteiger partial charge in [0.1, 0.15) is 0 Å². The number of hydrogen-bond donors (Lipinski definition) is 1. The van der Waals surface area contributed by atoms with Crippen LogP contribution in [0.15, 0.2) is 12.1 Å². The third kappa shape index (κ3) is 3.63. The summed E-state index contributed by atoms with van der Waals surface area (Å²) in [5, 5.41) is 3.53. The maximum absolute atomic E-state index is 4.41. The summed E-state index contributed by atoms with van der Waals surface area (Å²) in [5.41, 5.74) is 3.61. The van der Waals surface area contributed by atoms with E-state index in [1.54, 1.807) is 0 Å².